The van der Waals surface area contributed by atoms with E-state index in [4.69, 9.17) is 0 Å². The highest BCUT2D eigenvalue weighted by atomic mass is 14.9. The summed E-state index contributed by atoms with van der Waals surface area (Å²) in [5, 5.41) is 3.52. The fraction of sp³-hybridized carbons (Fsp3) is 0.571. The van der Waals surface area contributed by atoms with Crippen LogP contribution in [0.1, 0.15) is 33.6 Å². The largest absolute Gasteiger partial charge is 0.310 e. The molecule has 15 heavy (non-hydrogen) atoms. The van der Waals surface area contributed by atoms with E-state index >= 15 is 0 Å². The highest BCUT2D eigenvalue weighted by Gasteiger charge is 2.21. The number of hydrogen-bond donors (Lipinski definition) is 1. The van der Waals surface area contributed by atoms with Gasteiger partial charge in [0.05, 0.1) is 0 Å². The number of nitrogens with one attached hydrogen (secondary N) is 1. The maximum atomic E-state index is 3.83. The molecule has 0 aromatic rings. The van der Waals surface area contributed by atoms with Crippen molar-refractivity contribution in [1.29, 1.82) is 0 Å². The van der Waals surface area contributed by atoms with Gasteiger partial charge in [-0.05, 0) is 30.9 Å². The second-order valence-corrected chi connectivity index (χ2v) is 3.66. The van der Waals surface area contributed by atoms with Crippen molar-refractivity contribution in [3.05, 3.63) is 37.0 Å². The monoisotopic (exact) mass is 207 g/mol. The molecule has 0 aliphatic carbocycles. The molecule has 1 aliphatic rings. The van der Waals surface area contributed by atoms with Crippen molar-refractivity contribution in [3.8, 4) is 0 Å². The summed E-state index contributed by atoms with van der Waals surface area (Å²) in [7, 11) is 0. The molecule has 0 aromatic heterocycles. The summed E-state index contributed by atoms with van der Waals surface area (Å²) in [5.74, 6) is 0.706. The van der Waals surface area contributed by atoms with Crippen LogP contribution < -0.4 is 5.32 Å². The molecular formula is C14H25N. The van der Waals surface area contributed by atoms with Gasteiger partial charge in [0.25, 0.3) is 0 Å². The summed E-state index contributed by atoms with van der Waals surface area (Å²) >= 11 is 0. The maximum Gasteiger partial charge on any atom is 0.0345 e. The zero-order valence-corrected chi connectivity index (χ0v) is 10.4. The lowest BCUT2D eigenvalue weighted by Gasteiger charge is -2.31. The van der Waals surface area contributed by atoms with Crippen LogP contribution in [0.15, 0.2) is 37.0 Å². The molecule has 0 radical (unpaired) electrons. The summed E-state index contributed by atoms with van der Waals surface area (Å²) in [6.07, 6.45) is 8.41. The van der Waals surface area contributed by atoms with E-state index in [-0.39, 0.29) is 0 Å². The molecule has 0 aromatic carbocycles. The fourth-order valence-electron chi connectivity index (χ4n) is 1.93. The third kappa shape index (κ3) is 4.48. The summed E-state index contributed by atoms with van der Waals surface area (Å²) in [6.45, 7) is 15.0. The first kappa shape index (κ1) is 14.2. The molecule has 1 aliphatic heterocycles. The zero-order valence-electron chi connectivity index (χ0n) is 10.4. The van der Waals surface area contributed by atoms with Crippen LogP contribution in [0.3, 0.4) is 0 Å². The van der Waals surface area contributed by atoms with E-state index in [9.17, 15) is 0 Å². The van der Waals surface area contributed by atoms with Crippen LogP contribution in [0, 0.1) is 5.92 Å². The van der Waals surface area contributed by atoms with Crippen molar-refractivity contribution < 1.29 is 0 Å². The van der Waals surface area contributed by atoms with Crippen LogP contribution in [-0.2, 0) is 0 Å². The van der Waals surface area contributed by atoms with Gasteiger partial charge in [-0.3, -0.25) is 0 Å². The van der Waals surface area contributed by atoms with Gasteiger partial charge in [0.1, 0.15) is 0 Å². The number of piperidine rings is 1. The molecule has 1 heterocycles. The summed E-state index contributed by atoms with van der Waals surface area (Å²) in [4.78, 5) is 0. The van der Waals surface area contributed by atoms with Crippen molar-refractivity contribution >= 4 is 0 Å². The Morgan fingerprint density at radius 3 is 2.47 bits per heavy atom. The average molecular weight is 207 g/mol. The Labute approximate surface area is 95.0 Å². The molecule has 0 amide bonds. The van der Waals surface area contributed by atoms with E-state index in [1.165, 1.54) is 18.4 Å². The highest BCUT2D eigenvalue weighted by Crippen LogP contribution is 2.21. The van der Waals surface area contributed by atoms with Gasteiger partial charge in [0, 0.05) is 6.04 Å². The molecule has 86 valence electrons. The molecule has 1 fully saturated rings. The Hall–Kier alpha value is -0.820. The van der Waals surface area contributed by atoms with Gasteiger partial charge >= 0.3 is 0 Å². The van der Waals surface area contributed by atoms with Crippen LogP contribution in [-0.4, -0.2) is 12.6 Å². The van der Waals surface area contributed by atoms with Crippen LogP contribution in [0.25, 0.3) is 0 Å². The quantitative estimate of drug-likeness (QED) is 0.696. The van der Waals surface area contributed by atoms with Crippen molar-refractivity contribution in [2.75, 3.05) is 6.54 Å². The minimum Gasteiger partial charge on any atom is -0.310 e. The van der Waals surface area contributed by atoms with E-state index in [0.717, 1.165) is 6.54 Å². The maximum absolute atomic E-state index is 3.83. The Bertz CT molecular complexity index is 215. The standard InChI is InChI=1S/C12H19N.C2H6/c1-4-7-11(5-2)12-10(3)8-6-9-13-12;1-2/h4-5,7,10,12-13H,1-2,6,8-9H2,3H3;1-2H3/b11-7+;. The Morgan fingerprint density at radius 1 is 1.33 bits per heavy atom. The average Bonchev–Trinajstić information content (AvgIpc) is 2.30. The first-order valence-electron chi connectivity index (χ1n) is 5.98. The first-order valence-corrected chi connectivity index (χ1v) is 5.98. The van der Waals surface area contributed by atoms with Crippen molar-refractivity contribution in [2.24, 2.45) is 5.92 Å². The van der Waals surface area contributed by atoms with Gasteiger partial charge in [-0.15, -0.1) is 0 Å². The van der Waals surface area contributed by atoms with Crippen molar-refractivity contribution in [3.63, 3.8) is 0 Å². The summed E-state index contributed by atoms with van der Waals surface area (Å²) in [6, 6.07) is 0.476. The highest BCUT2D eigenvalue weighted by molar-refractivity contribution is 5.27. The molecule has 0 saturated carbocycles. The lowest BCUT2D eigenvalue weighted by molar-refractivity contribution is 0.336. The third-order valence-electron chi connectivity index (χ3n) is 2.67. The second-order valence-electron chi connectivity index (χ2n) is 3.66. The summed E-state index contributed by atoms with van der Waals surface area (Å²) in [5.41, 5.74) is 1.27. The molecule has 1 nitrogen and oxygen atoms in total. The first-order chi connectivity index (χ1) is 7.29. The third-order valence-corrected chi connectivity index (χ3v) is 2.67. The van der Waals surface area contributed by atoms with Gasteiger partial charge in [0.15, 0.2) is 0 Å². The molecule has 1 saturated heterocycles. The fourth-order valence-corrected chi connectivity index (χ4v) is 1.93. The van der Waals surface area contributed by atoms with Crippen LogP contribution in [0.5, 0.6) is 0 Å². The van der Waals surface area contributed by atoms with E-state index < -0.39 is 0 Å². The van der Waals surface area contributed by atoms with Crippen LogP contribution in [0.2, 0.25) is 0 Å². The van der Waals surface area contributed by atoms with Crippen molar-refractivity contribution in [1.82, 2.24) is 5.32 Å². The molecule has 2 atom stereocenters. The Morgan fingerprint density at radius 2 is 2.00 bits per heavy atom. The van der Waals surface area contributed by atoms with Gasteiger partial charge in [-0.25, -0.2) is 0 Å². The van der Waals surface area contributed by atoms with Gasteiger partial charge in [0.2, 0.25) is 0 Å². The van der Waals surface area contributed by atoms with Gasteiger partial charge in [-0.1, -0.05) is 52.2 Å². The predicted octanol–water partition coefficient (Wildman–Crippen LogP) is 3.70. The minimum atomic E-state index is 0.476. The number of hydrogen-bond acceptors (Lipinski definition) is 1. The van der Waals surface area contributed by atoms with E-state index in [0.29, 0.717) is 12.0 Å². The number of allylic oxidation sites excluding steroid dienone is 2. The lowest BCUT2D eigenvalue weighted by atomic mass is 9.87. The topological polar surface area (TPSA) is 12.0 Å². The van der Waals surface area contributed by atoms with E-state index in [1.807, 2.05) is 32.1 Å². The smallest absolute Gasteiger partial charge is 0.0345 e. The van der Waals surface area contributed by atoms with Crippen LogP contribution >= 0.6 is 0 Å². The van der Waals surface area contributed by atoms with E-state index in [2.05, 4.69) is 25.4 Å². The Kier molecular flexibility index (Phi) is 8.02. The predicted molar refractivity (Wildman–Crippen MR) is 70.0 cm³/mol. The molecular weight excluding hydrogens is 182 g/mol. The molecule has 2 unspecified atom stereocenters. The van der Waals surface area contributed by atoms with Crippen LogP contribution in [0.4, 0.5) is 0 Å². The lowest BCUT2D eigenvalue weighted by Crippen LogP contribution is -2.41. The normalized spacial score (nSPS) is 26.2. The van der Waals surface area contributed by atoms with E-state index in [1.54, 1.807) is 0 Å². The van der Waals surface area contributed by atoms with Crippen molar-refractivity contribution in [2.45, 2.75) is 39.7 Å². The molecule has 1 N–H and O–H groups in total. The van der Waals surface area contributed by atoms with Gasteiger partial charge in [-0.2, -0.15) is 0 Å². The summed E-state index contributed by atoms with van der Waals surface area (Å²) < 4.78 is 0. The Balaban J connectivity index is 0.000000921. The molecule has 1 rings (SSSR count). The zero-order chi connectivity index (χ0) is 11.7. The molecule has 0 bridgehead atoms. The number of rotatable bonds is 3. The second kappa shape index (κ2) is 8.49. The van der Waals surface area contributed by atoms with Gasteiger partial charge < -0.3 is 5.32 Å². The SMILES string of the molecule is C=C/C=C(\C=C)C1NCCCC1C.CC. The minimum absolute atomic E-state index is 0.476. The molecule has 0 spiro atoms. The molecule has 1 heteroatoms.